The molecule has 21 heavy (non-hydrogen) atoms. The Kier molecular flexibility index (Phi) is 4.51. The predicted octanol–water partition coefficient (Wildman–Crippen LogP) is 3.10. The Labute approximate surface area is 131 Å². The molecular weight excluding hydrogens is 284 g/mol. The SMILES string of the molecule is CN1C2CCCC1CC(NC(=O)C(Cl)c1ccccc1)C2. The molecule has 2 aliphatic heterocycles. The Morgan fingerprint density at radius 2 is 1.86 bits per heavy atom. The molecule has 0 saturated carbocycles. The number of benzene rings is 1. The van der Waals surface area contributed by atoms with E-state index in [2.05, 4.69) is 17.3 Å². The average Bonchev–Trinajstić information content (AvgIpc) is 2.48. The van der Waals surface area contributed by atoms with Gasteiger partial charge in [-0.2, -0.15) is 0 Å². The summed E-state index contributed by atoms with van der Waals surface area (Å²) in [6.07, 6.45) is 5.93. The molecule has 1 aromatic rings. The Bertz CT molecular complexity index is 479. The van der Waals surface area contributed by atoms with E-state index in [9.17, 15) is 4.79 Å². The summed E-state index contributed by atoms with van der Waals surface area (Å²) in [4.78, 5) is 14.9. The lowest BCUT2D eigenvalue weighted by molar-refractivity contribution is -0.122. The summed E-state index contributed by atoms with van der Waals surface area (Å²) in [6.45, 7) is 0. The average molecular weight is 307 g/mol. The largest absolute Gasteiger partial charge is 0.352 e. The van der Waals surface area contributed by atoms with Gasteiger partial charge >= 0.3 is 0 Å². The molecule has 0 radical (unpaired) electrons. The molecule has 4 heteroatoms. The molecule has 3 unspecified atom stereocenters. The maximum absolute atomic E-state index is 12.4. The number of piperidine rings is 2. The van der Waals surface area contributed by atoms with Gasteiger partial charge in [-0.15, -0.1) is 11.6 Å². The minimum atomic E-state index is -0.592. The quantitative estimate of drug-likeness (QED) is 0.870. The first-order valence-electron chi connectivity index (χ1n) is 7.86. The van der Waals surface area contributed by atoms with Gasteiger partial charge < -0.3 is 10.2 Å². The molecule has 1 amide bonds. The highest BCUT2D eigenvalue weighted by molar-refractivity contribution is 6.30. The van der Waals surface area contributed by atoms with Crippen LogP contribution in [0.1, 0.15) is 43.0 Å². The number of hydrogen-bond acceptors (Lipinski definition) is 2. The van der Waals surface area contributed by atoms with Crippen molar-refractivity contribution in [1.29, 1.82) is 0 Å². The van der Waals surface area contributed by atoms with Crippen LogP contribution in [0.5, 0.6) is 0 Å². The maximum Gasteiger partial charge on any atom is 0.242 e. The molecule has 0 aliphatic carbocycles. The summed E-state index contributed by atoms with van der Waals surface area (Å²) in [5.74, 6) is -0.0597. The molecule has 2 saturated heterocycles. The molecule has 1 aromatic carbocycles. The van der Waals surface area contributed by atoms with Crippen molar-refractivity contribution in [2.45, 2.75) is 55.6 Å². The minimum Gasteiger partial charge on any atom is -0.352 e. The summed E-state index contributed by atoms with van der Waals surface area (Å²) in [6, 6.07) is 11.1. The third-order valence-corrected chi connectivity index (χ3v) is 5.46. The van der Waals surface area contributed by atoms with Gasteiger partial charge in [-0.1, -0.05) is 36.8 Å². The Hall–Kier alpha value is -1.06. The van der Waals surface area contributed by atoms with Crippen LogP contribution in [0.3, 0.4) is 0 Å². The van der Waals surface area contributed by atoms with Gasteiger partial charge in [0.15, 0.2) is 0 Å². The zero-order chi connectivity index (χ0) is 14.8. The zero-order valence-corrected chi connectivity index (χ0v) is 13.2. The van der Waals surface area contributed by atoms with Crippen molar-refractivity contribution in [1.82, 2.24) is 10.2 Å². The first-order chi connectivity index (χ1) is 10.1. The lowest BCUT2D eigenvalue weighted by atomic mass is 9.82. The summed E-state index contributed by atoms with van der Waals surface area (Å²) >= 11 is 6.30. The van der Waals surface area contributed by atoms with Crippen LogP contribution < -0.4 is 5.32 Å². The topological polar surface area (TPSA) is 32.3 Å². The number of rotatable bonds is 3. The molecule has 3 rings (SSSR count). The number of halogens is 1. The van der Waals surface area contributed by atoms with E-state index in [1.54, 1.807) is 0 Å². The second-order valence-corrected chi connectivity index (χ2v) is 6.79. The first kappa shape index (κ1) is 14.9. The fourth-order valence-electron chi connectivity index (χ4n) is 3.78. The summed E-state index contributed by atoms with van der Waals surface area (Å²) < 4.78 is 0. The monoisotopic (exact) mass is 306 g/mol. The number of nitrogens with one attached hydrogen (secondary N) is 1. The van der Waals surface area contributed by atoms with E-state index in [0.717, 1.165) is 18.4 Å². The Morgan fingerprint density at radius 3 is 2.48 bits per heavy atom. The lowest BCUT2D eigenvalue weighted by Crippen LogP contribution is -2.55. The molecule has 114 valence electrons. The summed E-state index contributed by atoms with van der Waals surface area (Å²) in [7, 11) is 2.22. The van der Waals surface area contributed by atoms with Gasteiger partial charge in [0.2, 0.25) is 5.91 Å². The third-order valence-electron chi connectivity index (χ3n) is 5.01. The second-order valence-electron chi connectivity index (χ2n) is 6.35. The standard InChI is InChI=1S/C17H23ClN2O/c1-20-14-8-5-9-15(20)11-13(10-14)19-17(21)16(18)12-6-3-2-4-7-12/h2-4,6-7,13-16H,5,8-11H2,1H3,(H,19,21). The van der Waals surface area contributed by atoms with Gasteiger partial charge in [0, 0.05) is 18.1 Å². The fraction of sp³-hybridized carbons (Fsp3) is 0.588. The van der Waals surface area contributed by atoms with Crippen molar-refractivity contribution in [3.63, 3.8) is 0 Å². The van der Waals surface area contributed by atoms with Crippen molar-refractivity contribution in [2.24, 2.45) is 0 Å². The van der Waals surface area contributed by atoms with Gasteiger partial charge in [-0.25, -0.2) is 0 Å². The number of hydrogen-bond donors (Lipinski definition) is 1. The smallest absolute Gasteiger partial charge is 0.242 e. The maximum atomic E-state index is 12.4. The molecule has 2 bridgehead atoms. The highest BCUT2D eigenvalue weighted by atomic mass is 35.5. The molecular formula is C17H23ClN2O. The van der Waals surface area contributed by atoms with Gasteiger partial charge in [0.25, 0.3) is 0 Å². The number of carbonyl (C=O) groups is 1. The van der Waals surface area contributed by atoms with Crippen LogP contribution in [-0.4, -0.2) is 36.0 Å². The van der Waals surface area contributed by atoms with Crippen LogP contribution in [-0.2, 0) is 4.79 Å². The molecule has 3 nitrogen and oxygen atoms in total. The van der Waals surface area contributed by atoms with Crippen LogP contribution >= 0.6 is 11.6 Å². The van der Waals surface area contributed by atoms with E-state index in [0.29, 0.717) is 12.1 Å². The van der Waals surface area contributed by atoms with Crippen molar-refractivity contribution < 1.29 is 4.79 Å². The predicted molar refractivity (Wildman–Crippen MR) is 85.4 cm³/mol. The van der Waals surface area contributed by atoms with Gasteiger partial charge in [0.05, 0.1) is 0 Å². The summed E-state index contributed by atoms with van der Waals surface area (Å²) in [5.41, 5.74) is 0.866. The molecule has 0 spiro atoms. The minimum absolute atomic E-state index is 0.0597. The lowest BCUT2D eigenvalue weighted by Gasteiger charge is -2.47. The van der Waals surface area contributed by atoms with Crippen molar-refractivity contribution in [2.75, 3.05) is 7.05 Å². The summed E-state index contributed by atoms with van der Waals surface area (Å²) in [5, 5.41) is 2.58. The highest BCUT2D eigenvalue weighted by Crippen LogP contribution is 2.33. The fourth-order valence-corrected chi connectivity index (χ4v) is 3.99. The van der Waals surface area contributed by atoms with Crippen LogP contribution in [0.25, 0.3) is 0 Å². The van der Waals surface area contributed by atoms with Crippen LogP contribution in [0.2, 0.25) is 0 Å². The van der Waals surface area contributed by atoms with Crippen molar-refractivity contribution >= 4 is 17.5 Å². The highest BCUT2D eigenvalue weighted by Gasteiger charge is 2.36. The zero-order valence-electron chi connectivity index (χ0n) is 12.5. The van der Waals surface area contributed by atoms with E-state index < -0.39 is 5.38 Å². The first-order valence-corrected chi connectivity index (χ1v) is 8.30. The third kappa shape index (κ3) is 3.24. The van der Waals surface area contributed by atoms with Crippen LogP contribution in [0.15, 0.2) is 30.3 Å². The van der Waals surface area contributed by atoms with E-state index >= 15 is 0 Å². The Balaban J connectivity index is 1.60. The number of fused-ring (bicyclic) bond motifs is 2. The van der Waals surface area contributed by atoms with Crippen molar-refractivity contribution in [3.8, 4) is 0 Å². The van der Waals surface area contributed by atoms with E-state index in [-0.39, 0.29) is 11.9 Å². The van der Waals surface area contributed by atoms with Crippen LogP contribution in [0, 0.1) is 0 Å². The molecule has 2 fully saturated rings. The molecule has 2 heterocycles. The second kappa shape index (κ2) is 6.37. The molecule has 2 aliphatic rings. The number of carbonyl (C=O) groups excluding carboxylic acids is 1. The molecule has 0 aromatic heterocycles. The number of nitrogens with zero attached hydrogens (tertiary/aromatic N) is 1. The number of alkyl halides is 1. The van der Waals surface area contributed by atoms with Crippen molar-refractivity contribution in [3.05, 3.63) is 35.9 Å². The van der Waals surface area contributed by atoms with E-state index in [1.807, 2.05) is 30.3 Å². The van der Waals surface area contributed by atoms with Crippen LogP contribution in [0.4, 0.5) is 0 Å². The number of amides is 1. The normalized spacial score (nSPS) is 30.7. The Morgan fingerprint density at radius 1 is 1.24 bits per heavy atom. The van der Waals surface area contributed by atoms with Gasteiger partial charge in [-0.05, 0) is 38.3 Å². The molecule has 1 N–H and O–H groups in total. The van der Waals surface area contributed by atoms with Gasteiger partial charge in [-0.3, -0.25) is 4.79 Å². The van der Waals surface area contributed by atoms with Gasteiger partial charge in [0.1, 0.15) is 5.38 Å². The molecule has 3 atom stereocenters. The van der Waals surface area contributed by atoms with E-state index in [4.69, 9.17) is 11.6 Å². The van der Waals surface area contributed by atoms with E-state index in [1.165, 1.54) is 19.3 Å².